The Balaban J connectivity index is 2.19. The normalized spacial score (nSPS) is 11.3. The summed E-state index contributed by atoms with van der Waals surface area (Å²) in [6.07, 6.45) is 1.68. The van der Waals surface area contributed by atoms with Crippen molar-refractivity contribution < 1.29 is 14.3 Å². The fourth-order valence-electron chi connectivity index (χ4n) is 2.85. The monoisotopic (exact) mass is 311 g/mol. The number of rotatable bonds is 4. The predicted molar refractivity (Wildman–Crippen MR) is 89.1 cm³/mol. The molecule has 0 aliphatic heterocycles. The molecular weight excluding hydrogens is 293 g/mol. The fourth-order valence-corrected chi connectivity index (χ4v) is 2.85. The number of aromatic carboxylic acids is 1. The molecule has 3 aromatic rings. The van der Waals surface area contributed by atoms with Gasteiger partial charge in [0.15, 0.2) is 0 Å². The lowest BCUT2D eigenvalue weighted by Crippen LogP contribution is -2.03. The molecule has 1 aromatic heterocycles. The van der Waals surface area contributed by atoms with Crippen LogP contribution in [0.5, 0.6) is 0 Å². The van der Waals surface area contributed by atoms with Crippen LogP contribution in [0.4, 0.5) is 4.39 Å². The SMILES string of the molecule is CC(C)Cn1cc(C(=O)O)c2ccc(-c3cccc(F)c3)cc21. The van der Waals surface area contributed by atoms with E-state index in [0.29, 0.717) is 16.9 Å². The Kier molecular flexibility index (Phi) is 3.90. The Bertz CT molecular complexity index is 880. The molecule has 0 amide bonds. The number of benzene rings is 2. The number of carboxylic acid groups (broad SMARTS) is 1. The summed E-state index contributed by atoms with van der Waals surface area (Å²) in [4.78, 5) is 11.5. The minimum atomic E-state index is -0.934. The van der Waals surface area contributed by atoms with Crippen LogP contribution in [-0.4, -0.2) is 15.6 Å². The lowest BCUT2D eigenvalue weighted by molar-refractivity contribution is 0.0698. The topological polar surface area (TPSA) is 42.2 Å². The van der Waals surface area contributed by atoms with Gasteiger partial charge in [-0.15, -0.1) is 0 Å². The quantitative estimate of drug-likeness (QED) is 0.752. The maximum atomic E-state index is 13.4. The van der Waals surface area contributed by atoms with E-state index >= 15 is 0 Å². The number of halogens is 1. The molecule has 0 saturated heterocycles. The molecule has 118 valence electrons. The van der Waals surface area contributed by atoms with Crippen molar-refractivity contribution in [3.8, 4) is 11.1 Å². The average Bonchev–Trinajstić information content (AvgIpc) is 2.85. The van der Waals surface area contributed by atoms with Gasteiger partial charge in [0, 0.05) is 23.6 Å². The molecule has 1 N–H and O–H groups in total. The first kappa shape index (κ1) is 15.3. The van der Waals surface area contributed by atoms with Gasteiger partial charge in [-0.05, 0) is 35.2 Å². The molecule has 0 atom stereocenters. The molecule has 4 heteroatoms. The molecule has 1 heterocycles. The minimum Gasteiger partial charge on any atom is -0.478 e. The molecule has 3 rings (SSSR count). The number of carbonyl (C=O) groups is 1. The van der Waals surface area contributed by atoms with Gasteiger partial charge in [-0.25, -0.2) is 9.18 Å². The Morgan fingerprint density at radius 1 is 1.17 bits per heavy atom. The highest BCUT2D eigenvalue weighted by atomic mass is 19.1. The van der Waals surface area contributed by atoms with Crippen LogP contribution in [0.15, 0.2) is 48.7 Å². The van der Waals surface area contributed by atoms with E-state index in [1.54, 1.807) is 18.3 Å². The van der Waals surface area contributed by atoms with Crippen molar-refractivity contribution in [2.45, 2.75) is 20.4 Å². The molecule has 3 nitrogen and oxygen atoms in total. The largest absolute Gasteiger partial charge is 0.478 e. The molecule has 0 radical (unpaired) electrons. The van der Waals surface area contributed by atoms with Crippen LogP contribution in [0.1, 0.15) is 24.2 Å². The second-order valence-corrected chi connectivity index (χ2v) is 6.14. The van der Waals surface area contributed by atoms with Gasteiger partial charge >= 0.3 is 5.97 Å². The zero-order chi connectivity index (χ0) is 16.6. The van der Waals surface area contributed by atoms with Crippen molar-refractivity contribution in [1.82, 2.24) is 4.57 Å². The Hall–Kier alpha value is -2.62. The lowest BCUT2D eigenvalue weighted by Gasteiger charge is -2.09. The average molecular weight is 311 g/mol. The summed E-state index contributed by atoms with van der Waals surface area (Å²) < 4.78 is 15.4. The van der Waals surface area contributed by atoms with E-state index in [4.69, 9.17) is 0 Å². The van der Waals surface area contributed by atoms with E-state index in [1.807, 2.05) is 22.8 Å². The molecule has 0 saturated carbocycles. The van der Waals surface area contributed by atoms with Crippen LogP contribution < -0.4 is 0 Å². The van der Waals surface area contributed by atoms with Gasteiger partial charge in [0.2, 0.25) is 0 Å². The maximum absolute atomic E-state index is 13.4. The summed E-state index contributed by atoms with van der Waals surface area (Å²) in [7, 11) is 0. The zero-order valence-corrected chi connectivity index (χ0v) is 13.1. The Labute approximate surface area is 134 Å². The summed E-state index contributed by atoms with van der Waals surface area (Å²) in [5.74, 6) is -0.826. The third kappa shape index (κ3) is 2.97. The van der Waals surface area contributed by atoms with Crippen LogP contribution in [0.25, 0.3) is 22.0 Å². The van der Waals surface area contributed by atoms with Gasteiger partial charge in [-0.3, -0.25) is 0 Å². The van der Waals surface area contributed by atoms with Crippen molar-refractivity contribution in [3.05, 3.63) is 60.0 Å². The number of carboxylic acids is 1. The summed E-state index contributed by atoms with van der Waals surface area (Å²) in [6.45, 7) is 4.90. The third-order valence-corrected chi connectivity index (χ3v) is 3.83. The smallest absolute Gasteiger partial charge is 0.337 e. The van der Waals surface area contributed by atoms with Crippen LogP contribution >= 0.6 is 0 Å². The van der Waals surface area contributed by atoms with E-state index in [1.165, 1.54) is 12.1 Å². The third-order valence-electron chi connectivity index (χ3n) is 3.83. The molecule has 0 unspecified atom stereocenters. The molecule has 2 aromatic carbocycles. The summed E-state index contributed by atoms with van der Waals surface area (Å²) in [5, 5.41) is 10.1. The fraction of sp³-hybridized carbons (Fsp3) is 0.211. The molecular formula is C19H18FNO2. The Morgan fingerprint density at radius 3 is 2.57 bits per heavy atom. The number of aromatic nitrogens is 1. The minimum absolute atomic E-state index is 0.286. The first-order valence-electron chi connectivity index (χ1n) is 7.58. The number of fused-ring (bicyclic) bond motifs is 1. The van der Waals surface area contributed by atoms with Crippen LogP contribution in [0.2, 0.25) is 0 Å². The molecule has 0 aliphatic rings. The number of hydrogen-bond acceptors (Lipinski definition) is 1. The number of nitrogens with zero attached hydrogens (tertiary/aromatic N) is 1. The molecule has 0 aliphatic carbocycles. The van der Waals surface area contributed by atoms with Crippen LogP contribution in [0.3, 0.4) is 0 Å². The Morgan fingerprint density at radius 2 is 1.91 bits per heavy atom. The first-order valence-corrected chi connectivity index (χ1v) is 7.58. The van der Waals surface area contributed by atoms with E-state index in [-0.39, 0.29) is 5.82 Å². The van der Waals surface area contributed by atoms with Crippen molar-refractivity contribution in [2.24, 2.45) is 5.92 Å². The standard InChI is InChI=1S/C19H18FNO2/c1-12(2)10-21-11-17(19(22)23)16-7-6-14(9-18(16)21)13-4-3-5-15(20)8-13/h3-9,11-12H,10H2,1-2H3,(H,22,23). The number of hydrogen-bond donors (Lipinski definition) is 1. The maximum Gasteiger partial charge on any atom is 0.337 e. The van der Waals surface area contributed by atoms with E-state index < -0.39 is 5.97 Å². The van der Waals surface area contributed by atoms with Gasteiger partial charge < -0.3 is 9.67 Å². The van der Waals surface area contributed by atoms with Crippen molar-refractivity contribution in [2.75, 3.05) is 0 Å². The molecule has 0 fully saturated rings. The van der Waals surface area contributed by atoms with Gasteiger partial charge in [-0.2, -0.15) is 0 Å². The predicted octanol–water partition coefficient (Wildman–Crippen LogP) is 4.80. The van der Waals surface area contributed by atoms with E-state index in [9.17, 15) is 14.3 Å². The second kappa shape index (κ2) is 5.88. The van der Waals surface area contributed by atoms with E-state index in [2.05, 4.69) is 13.8 Å². The van der Waals surface area contributed by atoms with Crippen molar-refractivity contribution in [3.63, 3.8) is 0 Å². The summed E-state index contributed by atoms with van der Waals surface area (Å²) in [5.41, 5.74) is 2.81. The second-order valence-electron chi connectivity index (χ2n) is 6.14. The first-order chi connectivity index (χ1) is 11.0. The van der Waals surface area contributed by atoms with Crippen molar-refractivity contribution in [1.29, 1.82) is 0 Å². The highest BCUT2D eigenvalue weighted by Gasteiger charge is 2.15. The van der Waals surface area contributed by atoms with Gasteiger partial charge in [0.25, 0.3) is 0 Å². The lowest BCUT2D eigenvalue weighted by atomic mass is 10.0. The van der Waals surface area contributed by atoms with Crippen LogP contribution in [-0.2, 0) is 6.54 Å². The highest BCUT2D eigenvalue weighted by Crippen LogP contribution is 2.29. The summed E-state index contributed by atoms with van der Waals surface area (Å²) in [6, 6.07) is 12.0. The highest BCUT2D eigenvalue weighted by molar-refractivity contribution is 6.04. The van der Waals surface area contributed by atoms with Crippen LogP contribution in [0, 0.1) is 11.7 Å². The van der Waals surface area contributed by atoms with Gasteiger partial charge in [0.05, 0.1) is 5.56 Å². The van der Waals surface area contributed by atoms with Crippen molar-refractivity contribution >= 4 is 16.9 Å². The van der Waals surface area contributed by atoms with Gasteiger partial charge in [0.1, 0.15) is 5.82 Å². The van der Waals surface area contributed by atoms with Gasteiger partial charge in [-0.1, -0.05) is 38.1 Å². The molecule has 0 bridgehead atoms. The zero-order valence-electron chi connectivity index (χ0n) is 13.1. The summed E-state index contributed by atoms with van der Waals surface area (Å²) >= 11 is 0. The molecule has 0 spiro atoms. The molecule has 23 heavy (non-hydrogen) atoms. The van der Waals surface area contributed by atoms with E-state index in [0.717, 1.165) is 23.2 Å².